The molecule has 1 aliphatic rings. The second kappa shape index (κ2) is 7.61. The average molecular weight is 365 g/mol. The van der Waals surface area contributed by atoms with Crippen LogP contribution in [-0.4, -0.2) is 17.7 Å². The molecule has 0 aromatic heterocycles. The van der Waals surface area contributed by atoms with E-state index in [-0.39, 0.29) is 29.6 Å². The molecule has 27 heavy (non-hydrogen) atoms. The molecule has 0 saturated heterocycles. The van der Waals surface area contributed by atoms with E-state index in [4.69, 9.17) is 0 Å². The van der Waals surface area contributed by atoms with E-state index in [1.54, 1.807) is 24.3 Å². The summed E-state index contributed by atoms with van der Waals surface area (Å²) in [6, 6.07) is 12.8. The number of aryl methyl sites for hydroxylation is 2. The molecule has 2 aromatic carbocycles. The molecular weight excluding hydrogens is 342 g/mol. The van der Waals surface area contributed by atoms with Crippen molar-refractivity contribution in [1.29, 1.82) is 0 Å². The van der Waals surface area contributed by atoms with Crippen molar-refractivity contribution >= 4 is 34.8 Å². The fourth-order valence-corrected chi connectivity index (χ4v) is 2.98. The van der Waals surface area contributed by atoms with Gasteiger partial charge in [0.15, 0.2) is 0 Å². The molecule has 6 nitrogen and oxygen atoms in total. The van der Waals surface area contributed by atoms with Crippen LogP contribution in [0.2, 0.25) is 0 Å². The molecule has 3 amide bonds. The highest BCUT2D eigenvalue weighted by atomic mass is 16.2. The minimum absolute atomic E-state index is 0.129. The van der Waals surface area contributed by atoms with Gasteiger partial charge in [-0.2, -0.15) is 0 Å². The lowest BCUT2D eigenvalue weighted by Gasteiger charge is -2.10. The molecule has 2 atom stereocenters. The van der Waals surface area contributed by atoms with Crippen molar-refractivity contribution in [3.8, 4) is 0 Å². The smallest absolute Gasteiger partial charge is 0.228 e. The predicted molar refractivity (Wildman–Crippen MR) is 106 cm³/mol. The Morgan fingerprint density at radius 1 is 0.852 bits per heavy atom. The van der Waals surface area contributed by atoms with Crippen LogP contribution in [0, 0.1) is 25.7 Å². The van der Waals surface area contributed by atoms with Crippen LogP contribution in [0.3, 0.4) is 0 Å². The number of hydrogen-bond acceptors (Lipinski definition) is 3. The van der Waals surface area contributed by atoms with Gasteiger partial charge in [0.05, 0.1) is 11.8 Å². The Balaban J connectivity index is 1.58. The topological polar surface area (TPSA) is 87.3 Å². The number of carbonyl (C=O) groups excluding carboxylic acids is 3. The van der Waals surface area contributed by atoms with E-state index in [2.05, 4.69) is 16.0 Å². The Morgan fingerprint density at radius 3 is 2.15 bits per heavy atom. The maximum atomic E-state index is 12.4. The van der Waals surface area contributed by atoms with Gasteiger partial charge in [-0.1, -0.05) is 18.2 Å². The van der Waals surface area contributed by atoms with Crippen LogP contribution >= 0.6 is 0 Å². The van der Waals surface area contributed by atoms with Crippen molar-refractivity contribution in [2.24, 2.45) is 11.8 Å². The summed E-state index contributed by atoms with van der Waals surface area (Å²) < 4.78 is 0. The number of rotatable bonds is 5. The number of anilines is 3. The summed E-state index contributed by atoms with van der Waals surface area (Å²) in [5.41, 5.74) is 4.05. The van der Waals surface area contributed by atoms with Gasteiger partial charge in [0.25, 0.3) is 0 Å². The molecule has 0 radical (unpaired) electrons. The molecule has 3 N–H and O–H groups in total. The lowest BCUT2D eigenvalue weighted by atomic mass is 10.1. The number of amides is 3. The molecular formula is C21H23N3O3. The van der Waals surface area contributed by atoms with E-state index in [9.17, 15) is 14.4 Å². The Kier molecular flexibility index (Phi) is 5.26. The summed E-state index contributed by atoms with van der Waals surface area (Å²) in [7, 11) is 0. The Morgan fingerprint density at radius 2 is 1.48 bits per heavy atom. The van der Waals surface area contributed by atoms with Crippen LogP contribution in [-0.2, 0) is 14.4 Å². The van der Waals surface area contributed by atoms with Crippen molar-refractivity contribution in [1.82, 2.24) is 0 Å². The van der Waals surface area contributed by atoms with Gasteiger partial charge >= 0.3 is 0 Å². The SMILES string of the molecule is CC(=O)Nc1cccc(NC(=O)C2CC2C(=O)Nc2cc(C)ccc2C)c1. The van der Waals surface area contributed by atoms with Crippen LogP contribution in [0.5, 0.6) is 0 Å². The zero-order valence-electron chi connectivity index (χ0n) is 15.6. The first kappa shape index (κ1) is 18.6. The molecule has 3 rings (SSSR count). The highest BCUT2D eigenvalue weighted by Crippen LogP contribution is 2.40. The first-order valence-electron chi connectivity index (χ1n) is 8.90. The second-order valence-electron chi connectivity index (χ2n) is 7.01. The first-order valence-corrected chi connectivity index (χ1v) is 8.90. The van der Waals surface area contributed by atoms with Gasteiger partial charge in [-0.15, -0.1) is 0 Å². The molecule has 0 bridgehead atoms. The van der Waals surface area contributed by atoms with Crippen molar-refractivity contribution < 1.29 is 14.4 Å². The Hall–Kier alpha value is -3.15. The first-order chi connectivity index (χ1) is 12.8. The highest BCUT2D eigenvalue weighted by molar-refractivity contribution is 6.03. The molecule has 1 saturated carbocycles. The minimum Gasteiger partial charge on any atom is -0.326 e. The minimum atomic E-state index is -0.334. The number of hydrogen-bond donors (Lipinski definition) is 3. The fourth-order valence-electron chi connectivity index (χ4n) is 2.98. The monoisotopic (exact) mass is 365 g/mol. The van der Waals surface area contributed by atoms with Gasteiger partial charge in [0.2, 0.25) is 17.7 Å². The molecule has 1 fully saturated rings. The van der Waals surface area contributed by atoms with E-state index in [0.29, 0.717) is 17.8 Å². The van der Waals surface area contributed by atoms with Gasteiger partial charge < -0.3 is 16.0 Å². The maximum Gasteiger partial charge on any atom is 0.228 e. The summed E-state index contributed by atoms with van der Waals surface area (Å²) in [5.74, 6) is -1.14. The van der Waals surface area contributed by atoms with E-state index < -0.39 is 0 Å². The molecule has 0 aliphatic heterocycles. The summed E-state index contributed by atoms with van der Waals surface area (Å²) in [6.45, 7) is 5.33. The predicted octanol–water partition coefficient (Wildman–Crippen LogP) is 3.48. The normalized spacial score (nSPS) is 17.7. The maximum absolute atomic E-state index is 12.4. The van der Waals surface area contributed by atoms with Crippen molar-refractivity contribution in [2.45, 2.75) is 27.2 Å². The number of carbonyl (C=O) groups is 3. The van der Waals surface area contributed by atoms with Crippen molar-refractivity contribution in [3.63, 3.8) is 0 Å². The fraction of sp³-hybridized carbons (Fsp3) is 0.286. The van der Waals surface area contributed by atoms with Crippen LogP contribution in [0.1, 0.15) is 24.5 Å². The van der Waals surface area contributed by atoms with E-state index in [1.165, 1.54) is 6.92 Å². The second-order valence-corrected chi connectivity index (χ2v) is 7.01. The molecule has 2 unspecified atom stereocenters. The summed E-state index contributed by atoms with van der Waals surface area (Å²) in [4.78, 5) is 36.0. The van der Waals surface area contributed by atoms with Crippen LogP contribution in [0.15, 0.2) is 42.5 Å². The molecule has 2 aromatic rings. The largest absolute Gasteiger partial charge is 0.326 e. The van der Waals surface area contributed by atoms with E-state index in [1.807, 2.05) is 32.0 Å². The van der Waals surface area contributed by atoms with Gasteiger partial charge in [-0.05, 0) is 55.7 Å². The molecule has 0 heterocycles. The third-order valence-corrected chi connectivity index (χ3v) is 4.57. The van der Waals surface area contributed by atoms with Gasteiger partial charge in [0, 0.05) is 24.0 Å². The number of nitrogens with one attached hydrogen (secondary N) is 3. The van der Waals surface area contributed by atoms with Crippen LogP contribution < -0.4 is 16.0 Å². The van der Waals surface area contributed by atoms with Crippen LogP contribution in [0.25, 0.3) is 0 Å². The summed E-state index contributed by atoms with van der Waals surface area (Å²) in [5, 5.41) is 8.42. The lowest BCUT2D eigenvalue weighted by Crippen LogP contribution is -2.21. The molecule has 140 valence electrons. The standard InChI is InChI=1S/C21H23N3O3/c1-12-7-8-13(2)19(9-12)24-21(27)18-11-17(18)20(26)23-16-6-4-5-15(10-16)22-14(3)25/h4-10,17-18H,11H2,1-3H3,(H,22,25)(H,23,26)(H,24,27). The zero-order chi connectivity index (χ0) is 19.6. The van der Waals surface area contributed by atoms with Gasteiger partial charge in [-0.25, -0.2) is 0 Å². The van der Waals surface area contributed by atoms with Gasteiger partial charge in [-0.3, -0.25) is 14.4 Å². The zero-order valence-corrected chi connectivity index (χ0v) is 15.6. The highest BCUT2D eigenvalue weighted by Gasteiger charge is 2.48. The summed E-state index contributed by atoms with van der Waals surface area (Å²) in [6.07, 6.45) is 0.536. The van der Waals surface area contributed by atoms with Crippen molar-refractivity contribution in [2.75, 3.05) is 16.0 Å². The number of benzene rings is 2. The van der Waals surface area contributed by atoms with Gasteiger partial charge in [0.1, 0.15) is 0 Å². The van der Waals surface area contributed by atoms with E-state index in [0.717, 1.165) is 16.8 Å². The summed E-state index contributed by atoms with van der Waals surface area (Å²) >= 11 is 0. The molecule has 0 spiro atoms. The molecule has 6 heteroatoms. The Labute approximate surface area is 158 Å². The van der Waals surface area contributed by atoms with Crippen molar-refractivity contribution in [3.05, 3.63) is 53.6 Å². The van der Waals surface area contributed by atoms with Crippen LogP contribution in [0.4, 0.5) is 17.1 Å². The quantitative estimate of drug-likeness (QED) is 0.758. The average Bonchev–Trinajstić information content (AvgIpc) is 3.39. The third kappa shape index (κ3) is 4.73. The lowest BCUT2D eigenvalue weighted by molar-refractivity contribution is -0.122. The third-order valence-electron chi connectivity index (χ3n) is 4.57. The molecule has 1 aliphatic carbocycles. The van der Waals surface area contributed by atoms with E-state index >= 15 is 0 Å². The Bertz CT molecular complexity index is 907.